The van der Waals surface area contributed by atoms with E-state index in [-0.39, 0.29) is 24.2 Å². The SMILES string of the molecule is Cc1cc(C)c(OCc2csc(C(=O)Nc3ncn(Cc4ccccc4F)n3)c2)c(C)c1. The molecule has 0 unspecified atom stereocenters. The maximum absolute atomic E-state index is 13.8. The lowest BCUT2D eigenvalue weighted by Crippen LogP contribution is -2.12. The molecule has 1 amide bonds. The summed E-state index contributed by atoms with van der Waals surface area (Å²) >= 11 is 1.33. The number of carbonyl (C=O) groups excluding carboxylic acids is 1. The summed E-state index contributed by atoms with van der Waals surface area (Å²) in [6, 6.07) is 12.5. The Morgan fingerprint density at radius 2 is 1.91 bits per heavy atom. The van der Waals surface area contributed by atoms with Gasteiger partial charge in [-0.05, 0) is 49.4 Å². The number of ether oxygens (including phenoxy) is 1. The molecule has 0 aliphatic rings. The van der Waals surface area contributed by atoms with Gasteiger partial charge in [0.25, 0.3) is 5.91 Å². The summed E-state index contributed by atoms with van der Waals surface area (Å²) in [5, 5.41) is 8.79. The topological polar surface area (TPSA) is 69.0 Å². The predicted octanol–water partition coefficient (Wildman–Crippen LogP) is 5.28. The highest BCUT2D eigenvalue weighted by Crippen LogP contribution is 2.26. The molecule has 0 saturated carbocycles. The fourth-order valence-electron chi connectivity index (χ4n) is 3.51. The van der Waals surface area contributed by atoms with Crippen molar-refractivity contribution in [1.29, 1.82) is 0 Å². The Hall–Kier alpha value is -3.52. The van der Waals surface area contributed by atoms with Crippen LogP contribution in [0, 0.1) is 26.6 Å². The third kappa shape index (κ3) is 5.03. The highest BCUT2D eigenvalue weighted by molar-refractivity contribution is 7.12. The summed E-state index contributed by atoms with van der Waals surface area (Å²) in [7, 11) is 0. The molecule has 0 fully saturated rings. The molecule has 0 aliphatic heterocycles. The minimum atomic E-state index is -0.307. The molecule has 8 heteroatoms. The van der Waals surface area contributed by atoms with E-state index in [1.165, 1.54) is 34.0 Å². The number of halogens is 1. The number of aromatic nitrogens is 3. The zero-order valence-electron chi connectivity index (χ0n) is 18.1. The van der Waals surface area contributed by atoms with Crippen LogP contribution >= 0.6 is 11.3 Å². The molecule has 1 N–H and O–H groups in total. The number of carbonyl (C=O) groups is 1. The van der Waals surface area contributed by atoms with Crippen LogP contribution < -0.4 is 10.1 Å². The molecule has 6 nitrogen and oxygen atoms in total. The number of anilines is 1. The zero-order chi connectivity index (χ0) is 22.7. The lowest BCUT2D eigenvalue weighted by atomic mass is 10.1. The van der Waals surface area contributed by atoms with Gasteiger partial charge in [0.15, 0.2) is 0 Å². The number of aryl methyl sites for hydroxylation is 3. The molecule has 164 valence electrons. The van der Waals surface area contributed by atoms with Crippen molar-refractivity contribution < 1.29 is 13.9 Å². The standard InChI is InChI=1S/C24H23FN4O2S/c1-15-8-16(2)22(17(3)9-15)31-12-18-10-21(32-13-18)23(30)27-24-26-14-29(28-24)11-19-6-4-5-7-20(19)25/h4-10,13-14H,11-12H2,1-3H3,(H,27,28,30). The number of hydrogen-bond acceptors (Lipinski definition) is 5. The number of nitrogens with zero attached hydrogens (tertiary/aromatic N) is 3. The molecule has 32 heavy (non-hydrogen) atoms. The van der Waals surface area contributed by atoms with Gasteiger partial charge in [-0.3, -0.25) is 10.1 Å². The molecule has 0 bridgehead atoms. The van der Waals surface area contributed by atoms with Gasteiger partial charge in [-0.15, -0.1) is 16.4 Å². The second-order valence-corrected chi connectivity index (χ2v) is 8.56. The second kappa shape index (κ2) is 9.32. The molecule has 4 aromatic rings. The van der Waals surface area contributed by atoms with E-state index < -0.39 is 0 Å². The third-order valence-corrected chi connectivity index (χ3v) is 5.90. The Labute approximate surface area is 189 Å². The first-order valence-electron chi connectivity index (χ1n) is 10.1. The summed E-state index contributed by atoms with van der Waals surface area (Å²) in [5.41, 5.74) is 4.79. The number of thiophene rings is 1. The maximum atomic E-state index is 13.8. The van der Waals surface area contributed by atoms with Gasteiger partial charge in [-0.25, -0.2) is 14.1 Å². The van der Waals surface area contributed by atoms with Crippen molar-refractivity contribution >= 4 is 23.2 Å². The smallest absolute Gasteiger partial charge is 0.268 e. The Balaban J connectivity index is 1.36. The second-order valence-electron chi connectivity index (χ2n) is 7.65. The lowest BCUT2D eigenvalue weighted by Gasteiger charge is -2.12. The Morgan fingerprint density at radius 3 is 2.66 bits per heavy atom. The number of benzene rings is 2. The van der Waals surface area contributed by atoms with Crippen molar-refractivity contribution in [2.75, 3.05) is 5.32 Å². The van der Waals surface area contributed by atoms with E-state index in [0.29, 0.717) is 17.0 Å². The van der Waals surface area contributed by atoms with E-state index in [4.69, 9.17) is 4.74 Å². The van der Waals surface area contributed by atoms with Crippen molar-refractivity contribution in [1.82, 2.24) is 14.8 Å². The molecule has 2 aromatic heterocycles. The average Bonchev–Trinajstić information content (AvgIpc) is 3.38. The fraction of sp³-hybridized carbons (Fsp3) is 0.208. The first-order chi connectivity index (χ1) is 15.4. The van der Waals surface area contributed by atoms with E-state index in [2.05, 4.69) is 34.5 Å². The van der Waals surface area contributed by atoms with Gasteiger partial charge in [0.1, 0.15) is 24.5 Å². The molecule has 0 radical (unpaired) electrons. The van der Waals surface area contributed by atoms with Crippen LogP contribution in [0.2, 0.25) is 0 Å². The van der Waals surface area contributed by atoms with E-state index >= 15 is 0 Å². The van der Waals surface area contributed by atoms with Gasteiger partial charge in [0, 0.05) is 11.1 Å². The van der Waals surface area contributed by atoms with Crippen LogP contribution in [-0.4, -0.2) is 20.7 Å². The zero-order valence-corrected chi connectivity index (χ0v) is 18.9. The summed E-state index contributed by atoms with van der Waals surface area (Å²) in [5.74, 6) is 0.436. The van der Waals surface area contributed by atoms with Crippen molar-refractivity contribution in [2.24, 2.45) is 0 Å². The summed E-state index contributed by atoms with van der Waals surface area (Å²) < 4.78 is 21.3. The van der Waals surface area contributed by atoms with Crippen molar-refractivity contribution in [3.63, 3.8) is 0 Å². The Kier molecular flexibility index (Phi) is 6.32. The highest BCUT2D eigenvalue weighted by Gasteiger charge is 2.13. The van der Waals surface area contributed by atoms with Crippen LogP contribution in [0.3, 0.4) is 0 Å². The van der Waals surface area contributed by atoms with Crippen LogP contribution in [0.1, 0.15) is 37.5 Å². The van der Waals surface area contributed by atoms with Gasteiger partial charge in [-0.2, -0.15) is 0 Å². The van der Waals surface area contributed by atoms with Gasteiger partial charge >= 0.3 is 0 Å². The molecular weight excluding hydrogens is 427 g/mol. The van der Waals surface area contributed by atoms with E-state index in [9.17, 15) is 9.18 Å². The monoisotopic (exact) mass is 450 g/mol. The number of hydrogen-bond donors (Lipinski definition) is 1. The normalized spacial score (nSPS) is 10.9. The van der Waals surface area contributed by atoms with Crippen LogP contribution in [-0.2, 0) is 13.2 Å². The maximum Gasteiger partial charge on any atom is 0.268 e. The van der Waals surface area contributed by atoms with Crippen molar-refractivity contribution in [3.8, 4) is 5.75 Å². The van der Waals surface area contributed by atoms with Crippen LogP contribution in [0.25, 0.3) is 0 Å². The van der Waals surface area contributed by atoms with E-state index in [1.54, 1.807) is 24.3 Å². The number of nitrogens with one attached hydrogen (secondary N) is 1. The average molecular weight is 451 g/mol. The van der Waals surface area contributed by atoms with Gasteiger partial charge in [-0.1, -0.05) is 35.9 Å². The molecule has 0 aliphatic carbocycles. The predicted molar refractivity (Wildman–Crippen MR) is 123 cm³/mol. The van der Waals surface area contributed by atoms with E-state index in [0.717, 1.165) is 22.4 Å². The highest BCUT2D eigenvalue weighted by atomic mass is 32.1. The molecular formula is C24H23FN4O2S. The molecule has 0 saturated heterocycles. The van der Waals surface area contributed by atoms with Gasteiger partial charge in [0.05, 0.1) is 11.4 Å². The number of amides is 1. The summed E-state index contributed by atoms with van der Waals surface area (Å²) in [6.07, 6.45) is 1.46. The van der Waals surface area contributed by atoms with Crippen LogP contribution in [0.5, 0.6) is 5.75 Å². The number of rotatable bonds is 7. The van der Waals surface area contributed by atoms with Crippen LogP contribution in [0.15, 0.2) is 54.2 Å². The first-order valence-corrected chi connectivity index (χ1v) is 11.0. The summed E-state index contributed by atoms with van der Waals surface area (Å²) in [6.45, 7) is 6.73. The minimum Gasteiger partial charge on any atom is -0.488 e. The summed E-state index contributed by atoms with van der Waals surface area (Å²) in [4.78, 5) is 17.2. The van der Waals surface area contributed by atoms with Crippen molar-refractivity contribution in [2.45, 2.75) is 33.9 Å². The van der Waals surface area contributed by atoms with Gasteiger partial charge in [0.2, 0.25) is 5.95 Å². The Bertz CT molecular complexity index is 1240. The molecule has 0 atom stereocenters. The first kappa shape index (κ1) is 21.7. The Morgan fingerprint density at radius 1 is 1.16 bits per heavy atom. The largest absolute Gasteiger partial charge is 0.488 e. The molecule has 4 rings (SSSR count). The van der Waals surface area contributed by atoms with E-state index in [1.807, 2.05) is 19.2 Å². The molecule has 0 spiro atoms. The van der Waals surface area contributed by atoms with Gasteiger partial charge < -0.3 is 4.74 Å². The minimum absolute atomic E-state index is 0.170. The quantitative estimate of drug-likeness (QED) is 0.416. The third-order valence-electron chi connectivity index (χ3n) is 4.92. The molecule has 2 heterocycles. The molecule has 2 aromatic carbocycles. The fourth-order valence-corrected chi connectivity index (χ4v) is 4.30. The van der Waals surface area contributed by atoms with Crippen molar-refractivity contribution in [3.05, 3.63) is 92.7 Å². The lowest BCUT2D eigenvalue weighted by molar-refractivity contribution is 0.102. The van der Waals surface area contributed by atoms with Crippen LogP contribution in [0.4, 0.5) is 10.3 Å².